The Morgan fingerprint density at radius 3 is 2.73 bits per heavy atom. The molecule has 2 rings (SSSR count). The van der Waals surface area contributed by atoms with Crippen LogP contribution < -0.4 is 10.6 Å². The zero-order valence-electron chi connectivity index (χ0n) is 12.7. The van der Waals surface area contributed by atoms with Crippen LogP contribution in [-0.2, 0) is 4.79 Å². The van der Waals surface area contributed by atoms with Gasteiger partial charge in [-0.3, -0.25) is 14.2 Å². The van der Waals surface area contributed by atoms with Crippen molar-refractivity contribution in [1.29, 1.82) is 0 Å². The highest BCUT2D eigenvalue weighted by Crippen LogP contribution is 2.10. The Balaban J connectivity index is 2.04. The number of imidazole rings is 1. The molecule has 0 radical (unpaired) electrons. The molecule has 0 unspecified atom stereocenters. The van der Waals surface area contributed by atoms with Gasteiger partial charge in [0.05, 0.1) is 11.9 Å². The van der Waals surface area contributed by atoms with E-state index in [-0.39, 0.29) is 11.8 Å². The summed E-state index contributed by atoms with van der Waals surface area (Å²) in [6.45, 7) is 4.15. The van der Waals surface area contributed by atoms with Gasteiger partial charge in [0.1, 0.15) is 17.8 Å². The van der Waals surface area contributed by atoms with Crippen LogP contribution in [0.25, 0.3) is 5.82 Å². The van der Waals surface area contributed by atoms with Crippen molar-refractivity contribution >= 4 is 17.5 Å². The molecule has 2 N–H and O–H groups in total. The van der Waals surface area contributed by atoms with E-state index in [1.54, 1.807) is 29.1 Å². The van der Waals surface area contributed by atoms with Crippen molar-refractivity contribution in [3.8, 4) is 5.82 Å². The van der Waals surface area contributed by atoms with E-state index in [4.69, 9.17) is 0 Å². The van der Waals surface area contributed by atoms with Crippen molar-refractivity contribution in [1.82, 2.24) is 19.9 Å². The number of hydrogen-bond acceptors (Lipinski definition) is 4. The van der Waals surface area contributed by atoms with Crippen molar-refractivity contribution < 1.29 is 9.59 Å². The first kappa shape index (κ1) is 15.7. The van der Waals surface area contributed by atoms with Crippen LogP contribution in [0, 0.1) is 0 Å². The molecule has 7 heteroatoms. The Labute approximate surface area is 128 Å². The largest absolute Gasteiger partial charge is 0.351 e. The molecular weight excluding hydrogens is 282 g/mol. The summed E-state index contributed by atoms with van der Waals surface area (Å²) in [7, 11) is 0. The third-order valence-electron chi connectivity index (χ3n) is 2.96. The molecule has 0 fully saturated rings. The molecule has 0 spiro atoms. The van der Waals surface area contributed by atoms with E-state index in [1.165, 1.54) is 13.3 Å². The van der Waals surface area contributed by atoms with E-state index in [9.17, 15) is 9.59 Å². The first-order chi connectivity index (χ1) is 10.6. The minimum Gasteiger partial charge on any atom is -0.351 e. The lowest BCUT2D eigenvalue weighted by molar-refractivity contribution is -0.114. The number of unbranched alkanes of at least 4 members (excludes halogenated alkanes) is 1. The van der Waals surface area contributed by atoms with E-state index < -0.39 is 0 Å². The number of rotatable bonds is 6. The second-order valence-electron chi connectivity index (χ2n) is 4.86. The summed E-state index contributed by atoms with van der Waals surface area (Å²) < 4.78 is 1.66. The Morgan fingerprint density at radius 2 is 2.09 bits per heavy atom. The van der Waals surface area contributed by atoms with Gasteiger partial charge in [-0.25, -0.2) is 9.97 Å². The maximum Gasteiger partial charge on any atom is 0.271 e. The fraction of sp³-hybridized carbons (Fsp3) is 0.333. The first-order valence-corrected chi connectivity index (χ1v) is 7.16. The number of hydrogen-bond donors (Lipinski definition) is 2. The summed E-state index contributed by atoms with van der Waals surface area (Å²) in [6, 6.07) is 3.48. The Morgan fingerprint density at radius 1 is 1.27 bits per heavy atom. The summed E-state index contributed by atoms with van der Waals surface area (Å²) in [5.74, 6) is 0.277. The molecule has 0 aromatic carbocycles. The molecule has 0 aliphatic heterocycles. The predicted molar refractivity (Wildman–Crippen MR) is 82.9 cm³/mol. The van der Waals surface area contributed by atoms with Gasteiger partial charge in [0.25, 0.3) is 5.91 Å². The predicted octanol–water partition coefficient (Wildman–Crippen LogP) is 1.76. The molecule has 7 nitrogen and oxygen atoms in total. The number of pyridine rings is 1. The van der Waals surface area contributed by atoms with Crippen molar-refractivity contribution in [2.45, 2.75) is 26.7 Å². The smallest absolute Gasteiger partial charge is 0.271 e. The Hall–Kier alpha value is -2.70. The van der Waals surface area contributed by atoms with E-state index >= 15 is 0 Å². The molecule has 0 saturated carbocycles. The van der Waals surface area contributed by atoms with Crippen molar-refractivity contribution in [3.05, 3.63) is 36.5 Å². The molecule has 22 heavy (non-hydrogen) atoms. The van der Waals surface area contributed by atoms with E-state index in [2.05, 4.69) is 27.5 Å². The average Bonchev–Trinajstić information content (AvgIpc) is 2.97. The second kappa shape index (κ2) is 7.35. The van der Waals surface area contributed by atoms with Gasteiger partial charge in [0.2, 0.25) is 5.91 Å². The fourth-order valence-corrected chi connectivity index (χ4v) is 1.85. The van der Waals surface area contributed by atoms with Crippen LogP contribution in [0.2, 0.25) is 0 Å². The highest BCUT2D eigenvalue weighted by molar-refractivity contribution is 5.92. The minimum atomic E-state index is -0.193. The maximum absolute atomic E-state index is 11.9. The van der Waals surface area contributed by atoms with Crippen molar-refractivity contribution in [3.63, 3.8) is 0 Å². The van der Waals surface area contributed by atoms with Crippen molar-refractivity contribution in [2.75, 3.05) is 11.9 Å². The maximum atomic E-state index is 11.9. The van der Waals surface area contributed by atoms with Gasteiger partial charge in [-0.05, 0) is 18.6 Å². The van der Waals surface area contributed by atoms with Crippen LogP contribution in [0.4, 0.5) is 5.69 Å². The summed E-state index contributed by atoms with van der Waals surface area (Å²) in [5.41, 5.74) is 0.970. The van der Waals surface area contributed by atoms with Crippen LogP contribution in [0.5, 0.6) is 0 Å². The van der Waals surface area contributed by atoms with E-state index in [0.717, 1.165) is 12.8 Å². The number of anilines is 1. The highest BCUT2D eigenvalue weighted by atomic mass is 16.2. The molecule has 2 amide bonds. The number of aromatic nitrogens is 3. The minimum absolute atomic E-state index is 0.150. The number of amides is 2. The summed E-state index contributed by atoms with van der Waals surface area (Å²) in [5, 5.41) is 5.46. The normalized spacial score (nSPS) is 10.3. The zero-order chi connectivity index (χ0) is 15.9. The van der Waals surface area contributed by atoms with Crippen LogP contribution >= 0.6 is 0 Å². The topological polar surface area (TPSA) is 88.9 Å². The van der Waals surface area contributed by atoms with Gasteiger partial charge in [-0.15, -0.1) is 0 Å². The lowest BCUT2D eigenvalue weighted by Gasteiger charge is -2.04. The molecule has 0 bridgehead atoms. The van der Waals surface area contributed by atoms with Gasteiger partial charge >= 0.3 is 0 Å². The quantitative estimate of drug-likeness (QED) is 0.796. The van der Waals surface area contributed by atoms with Gasteiger partial charge in [0, 0.05) is 19.7 Å². The van der Waals surface area contributed by atoms with E-state index in [1.807, 2.05) is 0 Å². The molecule has 0 aliphatic carbocycles. The highest BCUT2D eigenvalue weighted by Gasteiger charge is 2.09. The molecule has 0 aliphatic rings. The lowest BCUT2D eigenvalue weighted by atomic mass is 10.3. The average molecular weight is 301 g/mol. The van der Waals surface area contributed by atoms with Gasteiger partial charge in [-0.1, -0.05) is 13.3 Å². The third-order valence-corrected chi connectivity index (χ3v) is 2.96. The summed E-state index contributed by atoms with van der Waals surface area (Å²) >= 11 is 0. The summed E-state index contributed by atoms with van der Waals surface area (Å²) in [6.07, 6.45) is 6.69. The molecule has 116 valence electrons. The Kier molecular flexibility index (Phi) is 5.24. The van der Waals surface area contributed by atoms with Crippen LogP contribution in [0.1, 0.15) is 37.2 Å². The second-order valence-corrected chi connectivity index (χ2v) is 4.86. The first-order valence-electron chi connectivity index (χ1n) is 7.16. The monoisotopic (exact) mass is 301 g/mol. The number of carbonyl (C=O) groups is 2. The molecule has 2 aromatic heterocycles. The number of nitrogens with zero attached hydrogens (tertiary/aromatic N) is 3. The fourth-order valence-electron chi connectivity index (χ4n) is 1.85. The van der Waals surface area contributed by atoms with E-state index in [0.29, 0.717) is 23.7 Å². The van der Waals surface area contributed by atoms with Crippen molar-refractivity contribution in [2.24, 2.45) is 0 Å². The molecule has 0 atom stereocenters. The van der Waals surface area contributed by atoms with Crippen LogP contribution in [0.3, 0.4) is 0 Å². The summed E-state index contributed by atoms with van der Waals surface area (Å²) in [4.78, 5) is 31.2. The van der Waals surface area contributed by atoms with Gasteiger partial charge in [0.15, 0.2) is 0 Å². The SMILES string of the molecule is CCCCNC(=O)c1cn(-c2ccc(NC(C)=O)cn2)cn1. The standard InChI is InChI=1S/C15H19N5O2/c1-3-4-7-16-15(22)13-9-20(10-18-13)14-6-5-12(8-17-14)19-11(2)21/h5-6,8-10H,3-4,7H2,1-2H3,(H,16,22)(H,19,21). The van der Waals surface area contributed by atoms with Gasteiger partial charge < -0.3 is 10.6 Å². The lowest BCUT2D eigenvalue weighted by Crippen LogP contribution is -2.24. The Bertz CT molecular complexity index is 648. The van der Waals surface area contributed by atoms with Gasteiger partial charge in [-0.2, -0.15) is 0 Å². The number of carbonyl (C=O) groups excluding carboxylic acids is 2. The van der Waals surface area contributed by atoms with Crippen LogP contribution in [-0.4, -0.2) is 32.9 Å². The van der Waals surface area contributed by atoms with Crippen LogP contribution in [0.15, 0.2) is 30.9 Å². The molecule has 2 aromatic rings. The molecular formula is C15H19N5O2. The third kappa shape index (κ3) is 4.15. The zero-order valence-corrected chi connectivity index (χ0v) is 12.7. The molecule has 2 heterocycles. The molecule has 0 saturated heterocycles. The number of nitrogens with one attached hydrogen (secondary N) is 2.